The van der Waals surface area contributed by atoms with Crippen LogP contribution in [0.1, 0.15) is 16.2 Å². The van der Waals surface area contributed by atoms with Crippen molar-refractivity contribution in [3.05, 3.63) is 94.3 Å². The number of aliphatic hydroxyl groups excluding tert-OH is 1. The van der Waals surface area contributed by atoms with Gasteiger partial charge in [0, 0.05) is 24.0 Å². The summed E-state index contributed by atoms with van der Waals surface area (Å²) in [4.78, 5) is 45.3. The van der Waals surface area contributed by atoms with E-state index in [4.69, 9.17) is 4.74 Å². The first-order valence-corrected chi connectivity index (χ1v) is 11.7. The van der Waals surface area contributed by atoms with Gasteiger partial charge in [0.25, 0.3) is 5.91 Å². The number of rotatable bonds is 6. The molecule has 5 rings (SSSR count). The number of pyridine rings is 1. The standard InChI is InChI=1S/C26H22F2N6O5/c1-14-23(32-26(38)34(14)17-5-2-15(27)3-6-17)24(36)30-16-4-7-21(20(28)10-16)39-19-8-9-29-22(11-19)31-25(37)33-12-18(35)13-33/h2-11,18,35H,12-13H2,1H3,(H,30,36)(H,32,38)(H,29,31,37). The number of carbonyl (C=O) groups excluding carboxylic acids is 2. The van der Waals surface area contributed by atoms with Gasteiger partial charge in [0.15, 0.2) is 11.6 Å². The molecule has 1 saturated heterocycles. The number of likely N-dealkylation sites (tertiary alicyclic amines) is 1. The van der Waals surface area contributed by atoms with Crippen LogP contribution in [0.25, 0.3) is 5.69 Å². The predicted octanol–water partition coefficient (Wildman–Crippen LogP) is 3.40. The molecule has 1 fully saturated rings. The highest BCUT2D eigenvalue weighted by Gasteiger charge is 2.29. The van der Waals surface area contributed by atoms with E-state index in [0.29, 0.717) is 5.69 Å². The summed E-state index contributed by atoms with van der Waals surface area (Å²) in [6, 6.07) is 11.4. The molecule has 39 heavy (non-hydrogen) atoms. The minimum absolute atomic E-state index is 0.0378. The molecular formula is C26H22F2N6O5. The first-order valence-electron chi connectivity index (χ1n) is 11.7. The van der Waals surface area contributed by atoms with Crippen LogP contribution in [0, 0.1) is 18.6 Å². The average molecular weight is 536 g/mol. The summed E-state index contributed by atoms with van der Waals surface area (Å²) < 4.78 is 34.9. The molecule has 2 aromatic heterocycles. The summed E-state index contributed by atoms with van der Waals surface area (Å²) >= 11 is 0. The molecule has 0 saturated carbocycles. The molecule has 4 N–H and O–H groups in total. The first-order chi connectivity index (χ1) is 18.7. The number of amides is 3. The van der Waals surface area contributed by atoms with Gasteiger partial charge in [-0.3, -0.25) is 14.7 Å². The van der Waals surface area contributed by atoms with Crippen molar-refractivity contribution in [2.45, 2.75) is 13.0 Å². The molecular weight excluding hydrogens is 514 g/mol. The van der Waals surface area contributed by atoms with Gasteiger partial charge in [-0.15, -0.1) is 0 Å². The van der Waals surface area contributed by atoms with Gasteiger partial charge in [0.1, 0.15) is 23.1 Å². The number of ether oxygens (including phenoxy) is 1. The zero-order valence-electron chi connectivity index (χ0n) is 20.4. The number of hydrogen-bond acceptors (Lipinski definition) is 6. The first kappa shape index (κ1) is 25.6. The second-order valence-corrected chi connectivity index (χ2v) is 8.77. The number of nitrogens with zero attached hydrogens (tertiary/aromatic N) is 3. The Labute approximate surface area is 219 Å². The van der Waals surface area contributed by atoms with Crippen molar-refractivity contribution in [1.29, 1.82) is 0 Å². The lowest BCUT2D eigenvalue weighted by atomic mass is 10.2. The quantitative estimate of drug-likeness (QED) is 0.298. The molecule has 0 bridgehead atoms. The predicted molar refractivity (Wildman–Crippen MR) is 136 cm³/mol. The van der Waals surface area contributed by atoms with E-state index in [2.05, 4.69) is 20.6 Å². The number of aromatic amines is 1. The highest BCUT2D eigenvalue weighted by molar-refractivity contribution is 6.03. The van der Waals surface area contributed by atoms with Crippen LogP contribution in [0.2, 0.25) is 0 Å². The fraction of sp³-hybridized carbons (Fsp3) is 0.154. The number of aromatic nitrogens is 3. The number of nitrogens with one attached hydrogen (secondary N) is 3. The molecule has 13 heteroatoms. The molecule has 3 amide bonds. The van der Waals surface area contributed by atoms with E-state index in [1.807, 2.05) is 0 Å². The van der Waals surface area contributed by atoms with Crippen molar-refractivity contribution in [3.63, 3.8) is 0 Å². The van der Waals surface area contributed by atoms with Crippen LogP contribution in [0.3, 0.4) is 0 Å². The van der Waals surface area contributed by atoms with Crippen molar-refractivity contribution >= 4 is 23.4 Å². The van der Waals surface area contributed by atoms with Gasteiger partial charge in [0.2, 0.25) is 0 Å². The van der Waals surface area contributed by atoms with Crippen molar-refractivity contribution in [3.8, 4) is 17.2 Å². The van der Waals surface area contributed by atoms with Gasteiger partial charge in [-0.2, -0.15) is 0 Å². The minimum atomic E-state index is -0.779. The van der Waals surface area contributed by atoms with Crippen LogP contribution in [-0.2, 0) is 0 Å². The van der Waals surface area contributed by atoms with Crippen LogP contribution in [0.5, 0.6) is 11.5 Å². The molecule has 200 valence electrons. The summed E-state index contributed by atoms with van der Waals surface area (Å²) in [5.74, 6) is -1.68. The number of carbonyl (C=O) groups is 2. The van der Waals surface area contributed by atoms with E-state index < -0.39 is 35.4 Å². The number of imidazole rings is 1. The Kier molecular flexibility index (Phi) is 6.81. The fourth-order valence-electron chi connectivity index (χ4n) is 3.97. The zero-order valence-corrected chi connectivity index (χ0v) is 20.4. The van der Waals surface area contributed by atoms with Crippen LogP contribution < -0.4 is 21.1 Å². The summed E-state index contributed by atoms with van der Waals surface area (Å²) in [7, 11) is 0. The van der Waals surface area contributed by atoms with Gasteiger partial charge < -0.3 is 25.0 Å². The Hall–Kier alpha value is -5.04. The lowest BCUT2D eigenvalue weighted by Crippen LogP contribution is -2.54. The molecule has 4 aromatic rings. The normalized spacial score (nSPS) is 13.1. The maximum Gasteiger partial charge on any atom is 0.330 e. The number of H-pyrrole nitrogens is 1. The van der Waals surface area contributed by atoms with E-state index in [9.17, 15) is 28.3 Å². The van der Waals surface area contributed by atoms with Crippen LogP contribution in [0.4, 0.5) is 25.1 Å². The largest absolute Gasteiger partial charge is 0.454 e. The molecule has 0 radical (unpaired) electrons. The number of benzene rings is 2. The topological polar surface area (TPSA) is 142 Å². The number of hydrogen-bond donors (Lipinski definition) is 4. The summed E-state index contributed by atoms with van der Waals surface area (Å²) in [6.45, 7) is 2.00. The van der Waals surface area contributed by atoms with Crippen molar-refractivity contribution < 1.29 is 28.2 Å². The van der Waals surface area contributed by atoms with E-state index in [1.165, 1.54) is 64.2 Å². The molecule has 1 aliphatic rings. The van der Waals surface area contributed by atoms with Crippen molar-refractivity contribution in [1.82, 2.24) is 19.4 Å². The second kappa shape index (κ2) is 10.4. The Morgan fingerprint density at radius 1 is 1.08 bits per heavy atom. The maximum absolute atomic E-state index is 14.8. The maximum atomic E-state index is 14.8. The van der Waals surface area contributed by atoms with E-state index in [0.717, 1.165) is 6.07 Å². The Balaban J connectivity index is 1.26. The highest BCUT2D eigenvalue weighted by atomic mass is 19.1. The monoisotopic (exact) mass is 536 g/mol. The summed E-state index contributed by atoms with van der Waals surface area (Å²) in [5.41, 5.74) is 0.146. The van der Waals surface area contributed by atoms with E-state index >= 15 is 0 Å². The van der Waals surface area contributed by atoms with Gasteiger partial charge in [0.05, 0.1) is 30.6 Å². The number of halogens is 2. The highest BCUT2D eigenvalue weighted by Crippen LogP contribution is 2.28. The molecule has 2 aromatic carbocycles. The molecule has 0 spiro atoms. The molecule has 3 heterocycles. The lowest BCUT2D eigenvalue weighted by Gasteiger charge is -2.35. The molecule has 0 atom stereocenters. The molecule has 0 unspecified atom stereocenters. The number of urea groups is 1. The molecule has 0 aliphatic carbocycles. The van der Waals surface area contributed by atoms with Gasteiger partial charge >= 0.3 is 11.7 Å². The second-order valence-electron chi connectivity index (χ2n) is 8.77. The third-order valence-electron chi connectivity index (χ3n) is 5.98. The number of anilines is 2. The van der Waals surface area contributed by atoms with Crippen molar-refractivity contribution in [2.24, 2.45) is 0 Å². The summed E-state index contributed by atoms with van der Waals surface area (Å²) in [5, 5.41) is 14.4. The van der Waals surface area contributed by atoms with Gasteiger partial charge in [-0.1, -0.05) is 0 Å². The Morgan fingerprint density at radius 3 is 2.51 bits per heavy atom. The third-order valence-corrected chi connectivity index (χ3v) is 5.98. The molecule has 11 nitrogen and oxygen atoms in total. The number of aliphatic hydroxyl groups is 1. The van der Waals surface area contributed by atoms with Gasteiger partial charge in [-0.25, -0.2) is 23.4 Å². The van der Waals surface area contributed by atoms with Crippen LogP contribution in [0.15, 0.2) is 65.6 Å². The van der Waals surface area contributed by atoms with E-state index in [-0.39, 0.29) is 47.5 Å². The zero-order chi connectivity index (χ0) is 27.7. The lowest BCUT2D eigenvalue weighted by molar-refractivity contribution is 0.0308. The molecule has 1 aliphatic heterocycles. The smallest absolute Gasteiger partial charge is 0.330 e. The van der Waals surface area contributed by atoms with Crippen LogP contribution >= 0.6 is 0 Å². The number of β-amino-alcohol motifs (C(OH)–C–C–N with tert-alkyl or cyclic N) is 1. The fourth-order valence-corrected chi connectivity index (χ4v) is 3.97. The van der Waals surface area contributed by atoms with E-state index in [1.54, 1.807) is 6.92 Å². The average Bonchev–Trinajstić information content (AvgIpc) is 3.18. The Bertz CT molecular complexity index is 1610. The van der Waals surface area contributed by atoms with Gasteiger partial charge in [-0.05, 0) is 49.4 Å². The SMILES string of the molecule is Cc1c(C(=O)Nc2ccc(Oc3ccnc(NC(=O)N4CC(O)C4)c3)c(F)c2)[nH]c(=O)n1-c1ccc(F)cc1. The van der Waals surface area contributed by atoms with Crippen molar-refractivity contribution in [2.75, 3.05) is 23.7 Å². The van der Waals surface area contributed by atoms with Crippen LogP contribution in [-0.4, -0.2) is 55.7 Å². The minimum Gasteiger partial charge on any atom is -0.454 e. The third kappa shape index (κ3) is 5.48. The Morgan fingerprint density at radius 2 is 1.82 bits per heavy atom. The summed E-state index contributed by atoms with van der Waals surface area (Å²) in [6.07, 6.45) is 0.840.